The van der Waals surface area contributed by atoms with Crippen LogP contribution < -0.4 is 5.32 Å². The molecule has 36 heavy (non-hydrogen) atoms. The zero-order valence-corrected chi connectivity index (χ0v) is 22.5. The third kappa shape index (κ3) is 11.5. The number of ether oxygens (including phenoxy) is 3. The van der Waals surface area contributed by atoms with E-state index in [4.69, 9.17) is 14.2 Å². The highest BCUT2D eigenvalue weighted by Crippen LogP contribution is 2.33. The lowest BCUT2D eigenvalue weighted by Crippen LogP contribution is -2.63. The summed E-state index contributed by atoms with van der Waals surface area (Å²) in [5.41, 5.74) is -1.76. The standard InChI is InChI=1S/C27H45NO8/c1-5-6-7-13-16-23(32)17-14-11-9-8-10-12-15-18-24-25(35-22(4)31)27(26(33)36-24,28-20(2)29)19-34-21(3)30/h24-25H,5-19H2,1-4H3,(H,28,29). The number of amides is 1. The molecule has 9 heteroatoms. The van der Waals surface area contributed by atoms with Gasteiger partial charge in [-0.3, -0.25) is 19.2 Å². The number of hydrogen-bond acceptors (Lipinski definition) is 8. The van der Waals surface area contributed by atoms with Crippen molar-refractivity contribution in [1.82, 2.24) is 5.32 Å². The normalized spacial score (nSPS) is 21.1. The van der Waals surface area contributed by atoms with Gasteiger partial charge in [-0.1, -0.05) is 58.3 Å². The molecule has 0 saturated carbocycles. The number of cyclic esters (lactones) is 1. The average molecular weight is 512 g/mol. The lowest BCUT2D eigenvalue weighted by molar-refractivity contribution is -0.159. The molecule has 1 aliphatic heterocycles. The van der Waals surface area contributed by atoms with Crippen molar-refractivity contribution in [1.29, 1.82) is 0 Å². The molecule has 0 aromatic rings. The maximum absolute atomic E-state index is 12.8. The monoisotopic (exact) mass is 511 g/mol. The molecular weight excluding hydrogens is 466 g/mol. The maximum Gasteiger partial charge on any atom is 0.340 e. The number of ketones is 1. The molecule has 1 aliphatic rings. The fraction of sp³-hybridized carbons (Fsp3) is 0.815. The van der Waals surface area contributed by atoms with Gasteiger partial charge in [0.05, 0.1) is 0 Å². The Hall–Kier alpha value is -2.45. The van der Waals surface area contributed by atoms with Crippen molar-refractivity contribution >= 4 is 29.6 Å². The van der Waals surface area contributed by atoms with Crippen LogP contribution in [-0.2, 0) is 38.2 Å². The molecule has 206 valence electrons. The average Bonchev–Trinajstić information content (AvgIpc) is 3.04. The molecule has 0 aromatic heterocycles. The van der Waals surface area contributed by atoms with Crippen molar-refractivity contribution in [3.05, 3.63) is 0 Å². The van der Waals surface area contributed by atoms with Gasteiger partial charge >= 0.3 is 17.9 Å². The number of esters is 3. The molecule has 0 aliphatic carbocycles. The van der Waals surface area contributed by atoms with Gasteiger partial charge in [-0.2, -0.15) is 0 Å². The van der Waals surface area contributed by atoms with Crippen LogP contribution in [0.15, 0.2) is 0 Å². The summed E-state index contributed by atoms with van der Waals surface area (Å²) < 4.78 is 15.9. The number of Topliss-reactive ketones (excluding diaryl/α,β-unsaturated/α-hetero) is 1. The molecule has 1 rings (SSSR count). The summed E-state index contributed by atoms with van der Waals surface area (Å²) in [6, 6.07) is 0. The zero-order chi connectivity index (χ0) is 27.0. The Morgan fingerprint density at radius 2 is 1.39 bits per heavy atom. The van der Waals surface area contributed by atoms with Crippen LogP contribution in [0.4, 0.5) is 0 Å². The van der Waals surface area contributed by atoms with E-state index in [-0.39, 0.29) is 0 Å². The van der Waals surface area contributed by atoms with Gasteiger partial charge in [0.2, 0.25) is 11.4 Å². The molecule has 9 nitrogen and oxygen atoms in total. The first-order valence-electron chi connectivity index (χ1n) is 13.4. The van der Waals surface area contributed by atoms with Crippen molar-refractivity contribution in [2.45, 2.75) is 135 Å². The van der Waals surface area contributed by atoms with Gasteiger partial charge in [0.1, 0.15) is 18.5 Å². The van der Waals surface area contributed by atoms with E-state index in [1.54, 1.807) is 0 Å². The van der Waals surface area contributed by atoms with Crippen LogP contribution in [0.25, 0.3) is 0 Å². The van der Waals surface area contributed by atoms with Crippen molar-refractivity contribution in [3.8, 4) is 0 Å². The second-order valence-electron chi connectivity index (χ2n) is 9.77. The predicted molar refractivity (Wildman–Crippen MR) is 134 cm³/mol. The van der Waals surface area contributed by atoms with Gasteiger partial charge in [-0.25, -0.2) is 4.79 Å². The Morgan fingerprint density at radius 3 is 1.92 bits per heavy atom. The van der Waals surface area contributed by atoms with Crippen LogP contribution in [0.3, 0.4) is 0 Å². The van der Waals surface area contributed by atoms with Gasteiger partial charge < -0.3 is 19.5 Å². The first-order valence-corrected chi connectivity index (χ1v) is 13.4. The van der Waals surface area contributed by atoms with E-state index in [1.807, 2.05) is 0 Å². The Morgan fingerprint density at radius 1 is 0.833 bits per heavy atom. The first kappa shape index (κ1) is 31.6. The molecule has 1 saturated heterocycles. The summed E-state index contributed by atoms with van der Waals surface area (Å²) in [6.07, 6.45) is 11.3. The van der Waals surface area contributed by atoms with Gasteiger partial charge in [-0.15, -0.1) is 0 Å². The van der Waals surface area contributed by atoms with E-state index in [9.17, 15) is 24.0 Å². The Bertz CT molecular complexity index is 737. The summed E-state index contributed by atoms with van der Waals surface area (Å²) in [5.74, 6) is -2.19. The highest BCUT2D eigenvalue weighted by molar-refractivity contribution is 5.91. The van der Waals surface area contributed by atoms with Crippen LogP contribution >= 0.6 is 0 Å². The SMILES string of the molecule is CCCCCCC(=O)CCCCCCCCCC1OC(=O)C(COC(C)=O)(NC(C)=O)C1OC(C)=O. The Kier molecular flexibility index (Phi) is 15.0. The van der Waals surface area contributed by atoms with E-state index in [2.05, 4.69) is 12.2 Å². The molecule has 0 bridgehead atoms. The molecule has 3 atom stereocenters. The topological polar surface area (TPSA) is 125 Å². The predicted octanol–water partition coefficient (Wildman–Crippen LogP) is 4.33. The van der Waals surface area contributed by atoms with E-state index < -0.39 is 48.2 Å². The zero-order valence-electron chi connectivity index (χ0n) is 22.5. The second-order valence-corrected chi connectivity index (χ2v) is 9.77. The smallest absolute Gasteiger partial charge is 0.340 e. The highest BCUT2D eigenvalue weighted by atomic mass is 16.6. The van der Waals surface area contributed by atoms with Crippen molar-refractivity contribution in [2.24, 2.45) is 0 Å². The minimum atomic E-state index is -1.76. The second kappa shape index (κ2) is 17.1. The summed E-state index contributed by atoms with van der Waals surface area (Å²) in [7, 11) is 0. The number of carbonyl (C=O) groups is 5. The summed E-state index contributed by atoms with van der Waals surface area (Å²) in [6.45, 7) is 5.32. The molecule has 0 radical (unpaired) electrons. The molecular formula is C27H45NO8. The van der Waals surface area contributed by atoms with Crippen molar-refractivity contribution in [2.75, 3.05) is 6.61 Å². The van der Waals surface area contributed by atoms with E-state index in [0.717, 1.165) is 57.8 Å². The van der Waals surface area contributed by atoms with Gasteiger partial charge in [-0.05, 0) is 25.7 Å². The molecule has 0 aromatic carbocycles. The lowest BCUT2D eigenvalue weighted by Gasteiger charge is -2.31. The van der Waals surface area contributed by atoms with Crippen LogP contribution in [0.2, 0.25) is 0 Å². The number of nitrogens with one attached hydrogen (secondary N) is 1. The Balaban J connectivity index is 2.42. The lowest BCUT2D eigenvalue weighted by atomic mass is 9.90. The molecule has 1 N–H and O–H groups in total. The number of rotatable bonds is 19. The third-order valence-corrected chi connectivity index (χ3v) is 6.39. The minimum absolute atomic E-state index is 0.378. The number of unbranched alkanes of at least 4 members (excludes halogenated alkanes) is 9. The fourth-order valence-corrected chi connectivity index (χ4v) is 4.56. The molecule has 3 unspecified atom stereocenters. The molecule has 1 fully saturated rings. The molecule has 1 amide bonds. The molecule has 1 heterocycles. The number of carbonyl (C=O) groups excluding carboxylic acids is 5. The van der Waals surface area contributed by atoms with Crippen LogP contribution in [0, 0.1) is 0 Å². The van der Waals surface area contributed by atoms with E-state index in [1.165, 1.54) is 33.6 Å². The minimum Gasteiger partial charge on any atom is -0.463 e. The Labute approximate surface area is 215 Å². The van der Waals surface area contributed by atoms with E-state index in [0.29, 0.717) is 25.0 Å². The number of hydrogen-bond donors (Lipinski definition) is 1. The summed E-state index contributed by atoms with van der Waals surface area (Å²) in [5, 5.41) is 2.51. The van der Waals surface area contributed by atoms with E-state index >= 15 is 0 Å². The van der Waals surface area contributed by atoms with Gasteiger partial charge in [0, 0.05) is 33.6 Å². The summed E-state index contributed by atoms with van der Waals surface area (Å²) in [4.78, 5) is 59.6. The van der Waals surface area contributed by atoms with Crippen LogP contribution in [0.5, 0.6) is 0 Å². The third-order valence-electron chi connectivity index (χ3n) is 6.39. The highest BCUT2D eigenvalue weighted by Gasteiger charge is 2.61. The van der Waals surface area contributed by atoms with Gasteiger partial charge in [0.15, 0.2) is 6.10 Å². The van der Waals surface area contributed by atoms with Crippen LogP contribution in [-0.4, -0.2) is 54.0 Å². The summed E-state index contributed by atoms with van der Waals surface area (Å²) >= 11 is 0. The quantitative estimate of drug-likeness (QED) is 0.154. The maximum atomic E-state index is 12.8. The van der Waals surface area contributed by atoms with Crippen LogP contribution in [0.1, 0.15) is 118 Å². The van der Waals surface area contributed by atoms with Crippen molar-refractivity contribution < 1.29 is 38.2 Å². The van der Waals surface area contributed by atoms with Crippen molar-refractivity contribution in [3.63, 3.8) is 0 Å². The first-order chi connectivity index (χ1) is 17.1. The fourth-order valence-electron chi connectivity index (χ4n) is 4.56. The largest absolute Gasteiger partial charge is 0.463 e. The molecule has 0 spiro atoms. The van der Waals surface area contributed by atoms with Gasteiger partial charge in [0.25, 0.3) is 0 Å².